The zero-order chi connectivity index (χ0) is 21.3. The summed E-state index contributed by atoms with van der Waals surface area (Å²) in [6.45, 7) is 4.82. The molecule has 4 nitrogen and oxygen atoms in total. The second-order valence-corrected chi connectivity index (χ2v) is 12.9. The predicted molar refractivity (Wildman–Crippen MR) is 118 cm³/mol. The van der Waals surface area contributed by atoms with Crippen LogP contribution in [-0.2, 0) is 14.8 Å². The number of hydrogen-bond donors (Lipinski definition) is 0. The lowest BCUT2D eigenvalue weighted by molar-refractivity contribution is -0.153. The Kier molecular flexibility index (Phi) is 4.67. The Bertz CT molecular complexity index is 944. The van der Waals surface area contributed by atoms with E-state index in [0.29, 0.717) is 23.7 Å². The Labute approximate surface area is 181 Å². The van der Waals surface area contributed by atoms with E-state index in [1.165, 1.54) is 48.2 Å². The summed E-state index contributed by atoms with van der Waals surface area (Å²) in [6, 6.07) is 10.2. The van der Waals surface area contributed by atoms with E-state index in [1.807, 2.05) is 6.07 Å². The van der Waals surface area contributed by atoms with Crippen LogP contribution in [0.2, 0.25) is 0 Å². The van der Waals surface area contributed by atoms with Gasteiger partial charge in [-0.25, -0.2) is 12.7 Å². The van der Waals surface area contributed by atoms with Gasteiger partial charge in [-0.1, -0.05) is 50.6 Å². The lowest BCUT2D eigenvalue weighted by Gasteiger charge is -2.63. The molecule has 1 amide bonds. The van der Waals surface area contributed by atoms with Crippen molar-refractivity contribution in [3.63, 3.8) is 0 Å². The molecule has 0 radical (unpaired) electrons. The van der Waals surface area contributed by atoms with Crippen LogP contribution in [0.3, 0.4) is 0 Å². The predicted octanol–water partition coefficient (Wildman–Crippen LogP) is 4.96. The Morgan fingerprint density at radius 2 is 1.70 bits per heavy atom. The van der Waals surface area contributed by atoms with Crippen molar-refractivity contribution in [1.82, 2.24) is 4.31 Å². The van der Waals surface area contributed by atoms with Crippen LogP contribution in [0.25, 0.3) is 0 Å². The highest BCUT2D eigenvalue weighted by Gasteiger charge is 2.63. The van der Waals surface area contributed by atoms with Crippen molar-refractivity contribution in [2.45, 2.75) is 77.2 Å². The first-order valence-corrected chi connectivity index (χ1v) is 13.6. The van der Waals surface area contributed by atoms with Gasteiger partial charge in [-0.15, -0.1) is 0 Å². The van der Waals surface area contributed by atoms with E-state index in [-0.39, 0.29) is 23.3 Å². The van der Waals surface area contributed by atoms with Crippen LogP contribution >= 0.6 is 0 Å². The van der Waals surface area contributed by atoms with Crippen molar-refractivity contribution >= 4 is 15.9 Å². The molecule has 1 saturated heterocycles. The molecule has 7 atom stereocenters. The summed E-state index contributed by atoms with van der Waals surface area (Å²) >= 11 is 0. The van der Waals surface area contributed by atoms with Gasteiger partial charge in [0, 0.05) is 12.3 Å². The molecule has 0 aromatic heterocycles. The highest BCUT2D eigenvalue weighted by atomic mass is 32.2. The van der Waals surface area contributed by atoms with Crippen LogP contribution in [0, 0.1) is 28.6 Å². The van der Waals surface area contributed by atoms with Gasteiger partial charge in [-0.3, -0.25) is 4.79 Å². The van der Waals surface area contributed by atoms with Gasteiger partial charge in [0.25, 0.3) is 0 Å². The van der Waals surface area contributed by atoms with E-state index in [4.69, 9.17) is 0 Å². The Balaban J connectivity index is 1.63. The number of carbonyl (C=O) groups is 1. The summed E-state index contributed by atoms with van der Waals surface area (Å²) < 4.78 is 26.8. The molecule has 1 aliphatic heterocycles. The van der Waals surface area contributed by atoms with Gasteiger partial charge in [0.2, 0.25) is 15.9 Å². The van der Waals surface area contributed by atoms with E-state index in [2.05, 4.69) is 38.1 Å². The fourth-order valence-corrected chi connectivity index (χ4v) is 9.70. The minimum absolute atomic E-state index is 0.0905. The number of carbonyl (C=O) groups excluding carboxylic acids is 1. The average molecular weight is 430 g/mol. The third-order valence-corrected chi connectivity index (χ3v) is 10.9. The van der Waals surface area contributed by atoms with E-state index < -0.39 is 10.0 Å². The molecule has 0 spiro atoms. The molecule has 164 valence electrons. The molecule has 1 heterocycles. The Morgan fingerprint density at radius 3 is 2.40 bits per heavy atom. The van der Waals surface area contributed by atoms with Crippen LogP contribution < -0.4 is 0 Å². The maximum absolute atomic E-state index is 13.2. The van der Waals surface area contributed by atoms with Crippen molar-refractivity contribution in [3.05, 3.63) is 35.9 Å². The molecule has 4 aliphatic rings. The van der Waals surface area contributed by atoms with Gasteiger partial charge < -0.3 is 0 Å². The molecule has 5 heteroatoms. The number of piperidine rings is 1. The third-order valence-electron chi connectivity index (χ3n) is 9.73. The minimum atomic E-state index is -3.57. The van der Waals surface area contributed by atoms with Crippen LogP contribution in [0.1, 0.15) is 76.7 Å². The summed E-state index contributed by atoms with van der Waals surface area (Å²) in [4.78, 5) is 13.2. The summed E-state index contributed by atoms with van der Waals surface area (Å²) in [6.07, 6.45) is 9.80. The Morgan fingerprint density at radius 1 is 0.967 bits per heavy atom. The third kappa shape index (κ3) is 2.83. The molecule has 0 N–H and O–H groups in total. The first kappa shape index (κ1) is 20.5. The highest BCUT2D eigenvalue weighted by Crippen LogP contribution is 2.67. The van der Waals surface area contributed by atoms with E-state index in [1.54, 1.807) is 0 Å². The summed E-state index contributed by atoms with van der Waals surface area (Å²) in [5.41, 5.74) is 1.46. The van der Waals surface area contributed by atoms with E-state index in [0.717, 1.165) is 18.8 Å². The van der Waals surface area contributed by atoms with Gasteiger partial charge in [0.15, 0.2) is 0 Å². The van der Waals surface area contributed by atoms with Crippen molar-refractivity contribution in [2.75, 3.05) is 6.26 Å². The SMILES string of the molecule is C[C@@]12CCC[C@H]1[C@@H]1CCC3N(S(C)(=O)=O)C(=O)CC(c4ccccc4)[C@]3(C)[C@@H]1CC2. The van der Waals surface area contributed by atoms with Crippen LogP contribution in [0.15, 0.2) is 30.3 Å². The van der Waals surface area contributed by atoms with Crippen molar-refractivity contribution in [2.24, 2.45) is 28.6 Å². The lowest BCUT2D eigenvalue weighted by Crippen LogP contribution is -2.65. The van der Waals surface area contributed by atoms with Crippen LogP contribution in [0.5, 0.6) is 0 Å². The van der Waals surface area contributed by atoms with E-state index in [9.17, 15) is 13.2 Å². The zero-order valence-corrected chi connectivity index (χ0v) is 19.3. The second-order valence-electron chi connectivity index (χ2n) is 11.0. The quantitative estimate of drug-likeness (QED) is 0.667. The lowest BCUT2D eigenvalue weighted by atomic mass is 9.45. The monoisotopic (exact) mass is 429 g/mol. The highest BCUT2D eigenvalue weighted by molar-refractivity contribution is 7.88. The number of benzene rings is 1. The largest absolute Gasteiger partial charge is 0.274 e. The number of sulfonamides is 1. The van der Waals surface area contributed by atoms with E-state index >= 15 is 0 Å². The number of hydrogen-bond acceptors (Lipinski definition) is 3. The maximum Gasteiger partial charge on any atom is 0.236 e. The van der Waals surface area contributed by atoms with Crippen molar-refractivity contribution in [3.8, 4) is 0 Å². The molecule has 0 bridgehead atoms. The van der Waals surface area contributed by atoms with Gasteiger partial charge in [-0.2, -0.15) is 0 Å². The number of nitrogens with zero attached hydrogens (tertiary/aromatic N) is 1. The molecule has 2 unspecified atom stereocenters. The van der Waals surface area contributed by atoms with Crippen LogP contribution in [0.4, 0.5) is 0 Å². The van der Waals surface area contributed by atoms with Gasteiger partial charge in [0.05, 0.1) is 12.3 Å². The normalized spacial score (nSPS) is 43.6. The number of rotatable bonds is 2. The molecule has 3 aliphatic carbocycles. The first-order valence-electron chi connectivity index (χ1n) is 11.7. The van der Waals surface area contributed by atoms with Crippen molar-refractivity contribution in [1.29, 1.82) is 0 Å². The number of amides is 1. The number of fused-ring (bicyclic) bond motifs is 5. The standard InChI is InChI=1S/C25H35NO3S/c1-24-14-7-10-19(24)18-11-12-22-25(2,20(18)13-15-24)21(17-8-5-4-6-9-17)16-23(27)26(22)30(3,28)29/h4-6,8-9,18-22H,7,10-16H2,1-3H3/t18-,19-,20+,21?,22?,24-,25-/m0/s1. The maximum atomic E-state index is 13.2. The molecule has 4 fully saturated rings. The minimum Gasteiger partial charge on any atom is -0.274 e. The molecule has 3 saturated carbocycles. The zero-order valence-electron chi connectivity index (χ0n) is 18.5. The molecule has 1 aromatic carbocycles. The van der Waals surface area contributed by atoms with Gasteiger partial charge >= 0.3 is 0 Å². The van der Waals surface area contributed by atoms with Crippen molar-refractivity contribution < 1.29 is 13.2 Å². The molecule has 5 rings (SSSR count). The fraction of sp³-hybridized carbons (Fsp3) is 0.720. The Hall–Kier alpha value is -1.36. The summed E-state index contributed by atoms with van der Waals surface area (Å²) in [5.74, 6) is 1.78. The summed E-state index contributed by atoms with van der Waals surface area (Å²) in [5, 5.41) is 0. The topological polar surface area (TPSA) is 54.5 Å². The van der Waals surface area contributed by atoms with Gasteiger partial charge in [-0.05, 0) is 72.7 Å². The summed E-state index contributed by atoms with van der Waals surface area (Å²) in [7, 11) is -3.57. The average Bonchev–Trinajstić information content (AvgIpc) is 3.09. The molecular weight excluding hydrogens is 394 g/mol. The fourth-order valence-electron chi connectivity index (χ4n) is 8.46. The smallest absolute Gasteiger partial charge is 0.236 e. The molecule has 1 aromatic rings. The second kappa shape index (κ2) is 6.82. The molecular formula is C25H35NO3S. The van der Waals surface area contributed by atoms with Crippen LogP contribution in [-0.4, -0.2) is 30.9 Å². The van der Waals surface area contributed by atoms with Gasteiger partial charge in [0.1, 0.15) is 0 Å². The molecule has 30 heavy (non-hydrogen) atoms. The first-order chi connectivity index (χ1) is 14.2.